The van der Waals surface area contributed by atoms with E-state index in [1.165, 1.54) is 6.07 Å². The molecule has 0 saturated heterocycles. The number of benzene rings is 2. The van der Waals surface area contributed by atoms with Gasteiger partial charge in [-0.05, 0) is 55.0 Å². The number of imidazole rings is 1. The summed E-state index contributed by atoms with van der Waals surface area (Å²) in [5.74, 6) is -1.12. The first-order valence-corrected chi connectivity index (χ1v) is 11.1. The van der Waals surface area contributed by atoms with Crippen molar-refractivity contribution >= 4 is 17.2 Å². The van der Waals surface area contributed by atoms with Crippen LogP contribution in [0.3, 0.4) is 0 Å². The molecule has 2 aromatic carbocycles. The van der Waals surface area contributed by atoms with E-state index in [-0.39, 0.29) is 11.8 Å². The highest BCUT2D eigenvalue weighted by atomic mass is 19.4. The maximum absolute atomic E-state index is 13.2. The number of fused-ring (bicyclic) bond motifs is 1. The van der Waals surface area contributed by atoms with E-state index in [0.29, 0.717) is 23.5 Å². The van der Waals surface area contributed by atoms with Gasteiger partial charge < -0.3 is 5.32 Å². The predicted octanol–water partition coefficient (Wildman–Crippen LogP) is 6.79. The highest BCUT2D eigenvalue weighted by Crippen LogP contribution is 2.36. The van der Waals surface area contributed by atoms with Gasteiger partial charge in [-0.2, -0.15) is 26.3 Å². The molecule has 1 amide bonds. The van der Waals surface area contributed by atoms with Crippen LogP contribution in [0.5, 0.6) is 0 Å². The third kappa shape index (κ3) is 4.72. The number of hydrogen-bond acceptors (Lipinski definition) is 3. The van der Waals surface area contributed by atoms with Gasteiger partial charge in [-0.15, -0.1) is 0 Å². The van der Waals surface area contributed by atoms with E-state index >= 15 is 0 Å². The van der Waals surface area contributed by atoms with Crippen LogP contribution in [0.1, 0.15) is 27.0 Å². The lowest BCUT2D eigenvalue weighted by Crippen LogP contribution is -2.17. The lowest BCUT2D eigenvalue weighted by molar-refractivity contribution is -0.143. The quantitative estimate of drug-likeness (QED) is 0.261. The molecule has 194 valence electrons. The van der Waals surface area contributed by atoms with E-state index in [4.69, 9.17) is 0 Å². The van der Waals surface area contributed by atoms with Crippen LogP contribution in [0.4, 0.5) is 32.0 Å². The van der Waals surface area contributed by atoms with E-state index in [0.717, 1.165) is 16.8 Å². The second kappa shape index (κ2) is 9.05. The lowest BCUT2D eigenvalue weighted by Gasteiger charge is -2.15. The Labute approximate surface area is 211 Å². The van der Waals surface area contributed by atoms with Crippen LogP contribution in [0.2, 0.25) is 0 Å². The summed E-state index contributed by atoms with van der Waals surface area (Å²) in [7, 11) is 0. The van der Waals surface area contributed by atoms with Gasteiger partial charge in [0.15, 0.2) is 5.65 Å². The molecule has 3 heterocycles. The van der Waals surface area contributed by atoms with Crippen molar-refractivity contribution in [2.24, 2.45) is 0 Å². The van der Waals surface area contributed by atoms with E-state index in [1.807, 2.05) is 17.5 Å². The zero-order valence-corrected chi connectivity index (χ0v) is 19.5. The van der Waals surface area contributed by atoms with Crippen molar-refractivity contribution in [2.75, 3.05) is 5.32 Å². The Morgan fingerprint density at radius 2 is 1.61 bits per heavy atom. The van der Waals surface area contributed by atoms with Crippen molar-refractivity contribution in [1.29, 1.82) is 0 Å². The summed E-state index contributed by atoms with van der Waals surface area (Å²) in [4.78, 5) is 21.3. The van der Waals surface area contributed by atoms with Crippen molar-refractivity contribution in [3.63, 3.8) is 0 Å². The molecule has 6 nitrogen and oxygen atoms in total. The van der Waals surface area contributed by atoms with Crippen LogP contribution in [0.15, 0.2) is 79.4 Å². The topological polar surface area (TPSA) is 64.2 Å². The number of rotatable bonds is 4. The fourth-order valence-electron chi connectivity index (χ4n) is 4.03. The molecular weight excluding hydrogens is 512 g/mol. The zero-order valence-electron chi connectivity index (χ0n) is 19.5. The van der Waals surface area contributed by atoms with E-state index < -0.39 is 35.0 Å². The van der Waals surface area contributed by atoms with Crippen LogP contribution in [-0.4, -0.2) is 25.1 Å². The first-order valence-electron chi connectivity index (χ1n) is 11.1. The second-order valence-corrected chi connectivity index (χ2v) is 8.47. The average Bonchev–Trinajstić information content (AvgIpc) is 3.47. The van der Waals surface area contributed by atoms with Crippen LogP contribution in [0.25, 0.3) is 22.6 Å². The van der Waals surface area contributed by atoms with Gasteiger partial charge in [0.05, 0.1) is 28.7 Å². The minimum Gasteiger partial charge on any atom is -0.322 e. The second-order valence-electron chi connectivity index (χ2n) is 8.47. The van der Waals surface area contributed by atoms with Gasteiger partial charge in [-0.1, -0.05) is 6.07 Å². The van der Waals surface area contributed by atoms with Crippen molar-refractivity contribution < 1.29 is 31.1 Å². The molecule has 0 unspecified atom stereocenters. The number of amides is 1. The molecule has 0 radical (unpaired) electrons. The molecule has 12 heteroatoms. The number of carbonyl (C=O) groups excluding carboxylic acids is 1. The van der Waals surface area contributed by atoms with Gasteiger partial charge in [0, 0.05) is 41.5 Å². The fourth-order valence-corrected chi connectivity index (χ4v) is 4.03. The Kier molecular flexibility index (Phi) is 5.97. The summed E-state index contributed by atoms with van der Waals surface area (Å²) in [6.07, 6.45) is -3.39. The van der Waals surface area contributed by atoms with E-state index in [1.54, 1.807) is 53.7 Å². The molecule has 0 saturated carbocycles. The van der Waals surface area contributed by atoms with Crippen molar-refractivity contribution in [1.82, 2.24) is 19.2 Å². The molecule has 5 rings (SSSR count). The monoisotopic (exact) mass is 529 g/mol. The Hall–Kier alpha value is -4.61. The predicted molar refractivity (Wildman–Crippen MR) is 127 cm³/mol. The zero-order chi connectivity index (χ0) is 27.2. The molecular formula is C26H17F6N5O. The third-order valence-corrected chi connectivity index (χ3v) is 5.87. The largest absolute Gasteiger partial charge is 0.416 e. The molecule has 0 aliphatic carbocycles. The molecule has 0 aliphatic heterocycles. The summed E-state index contributed by atoms with van der Waals surface area (Å²) < 4.78 is 82.9. The maximum atomic E-state index is 13.2. The Bertz CT molecular complexity index is 1620. The summed E-state index contributed by atoms with van der Waals surface area (Å²) in [6, 6.07) is 10.9. The lowest BCUT2D eigenvalue weighted by atomic mass is 10.0. The smallest absolute Gasteiger partial charge is 0.322 e. The number of anilines is 1. The number of nitrogens with zero attached hydrogens (tertiary/aromatic N) is 4. The van der Waals surface area contributed by atoms with Crippen LogP contribution < -0.4 is 5.32 Å². The normalized spacial score (nSPS) is 12.2. The third-order valence-electron chi connectivity index (χ3n) is 5.87. The summed E-state index contributed by atoms with van der Waals surface area (Å²) in [6.45, 7) is 1.82. The highest BCUT2D eigenvalue weighted by molar-refractivity contribution is 6.04. The molecule has 3 aromatic heterocycles. The minimum atomic E-state index is -5.07. The summed E-state index contributed by atoms with van der Waals surface area (Å²) >= 11 is 0. The SMILES string of the molecule is Cc1ccc(NC(=O)c2cc(C(F)(F)F)cc(C(F)(F)F)c2)cc1-n1ccc2ncc(-c3cccnc3)n21. The number of hydrogen-bond donors (Lipinski definition) is 1. The van der Waals surface area contributed by atoms with Crippen molar-refractivity contribution in [3.8, 4) is 16.9 Å². The molecule has 0 atom stereocenters. The first kappa shape index (κ1) is 25.1. The number of nitrogens with one attached hydrogen (secondary N) is 1. The number of alkyl halides is 6. The average molecular weight is 529 g/mol. The van der Waals surface area contributed by atoms with Gasteiger partial charge in [0.25, 0.3) is 5.91 Å². The number of halogens is 6. The minimum absolute atomic E-state index is 0.0248. The van der Waals surface area contributed by atoms with Crippen molar-refractivity contribution in [2.45, 2.75) is 19.3 Å². The molecule has 0 aliphatic rings. The highest BCUT2D eigenvalue weighted by Gasteiger charge is 2.37. The Balaban J connectivity index is 1.53. The maximum Gasteiger partial charge on any atom is 0.416 e. The molecule has 5 aromatic rings. The standard InChI is InChI=1S/C26H17F6N5O/c1-15-4-5-20(35-24(38)17-9-18(25(27,28)29)11-19(10-17)26(30,31)32)12-21(15)36-8-6-23-34-14-22(37(23)36)16-3-2-7-33-13-16/h2-14H,1H3,(H,35,38). The van der Waals surface area contributed by atoms with Gasteiger partial charge in [-0.25, -0.2) is 9.50 Å². The summed E-state index contributed by atoms with van der Waals surface area (Å²) in [5, 5.41) is 2.41. The number of pyridine rings is 1. The molecule has 1 N–H and O–H groups in total. The summed E-state index contributed by atoms with van der Waals surface area (Å²) in [5.41, 5.74) is -0.202. The van der Waals surface area contributed by atoms with Crippen LogP contribution in [-0.2, 0) is 12.4 Å². The molecule has 0 spiro atoms. The number of aryl methyl sites for hydroxylation is 1. The van der Waals surface area contributed by atoms with Crippen LogP contribution >= 0.6 is 0 Å². The van der Waals surface area contributed by atoms with Gasteiger partial charge in [-0.3, -0.25) is 14.5 Å². The Morgan fingerprint density at radius 1 is 0.895 bits per heavy atom. The van der Waals surface area contributed by atoms with Crippen LogP contribution in [0, 0.1) is 6.92 Å². The Morgan fingerprint density at radius 3 is 2.24 bits per heavy atom. The van der Waals surface area contributed by atoms with E-state index in [2.05, 4.69) is 15.3 Å². The van der Waals surface area contributed by atoms with Gasteiger partial charge in [0.2, 0.25) is 0 Å². The van der Waals surface area contributed by atoms with E-state index in [9.17, 15) is 31.1 Å². The molecule has 0 fully saturated rings. The number of aromatic nitrogens is 4. The van der Waals surface area contributed by atoms with Gasteiger partial charge in [0.1, 0.15) is 0 Å². The molecule has 38 heavy (non-hydrogen) atoms. The fraction of sp³-hybridized carbons (Fsp3) is 0.115. The van der Waals surface area contributed by atoms with Crippen molar-refractivity contribution in [3.05, 3.63) is 102 Å². The number of carbonyl (C=O) groups is 1. The van der Waals surface area contributed by atoms with Gasteiger partial charge >= 0.3 is 12.4 Å². The molecule has 0 bridgehead atoms. The first-order chi connectivity index (χ1) is 17.9.